The largest absolute Gasteiger partial charge is 0.296 e. The third-order valence-corrected chi connectivity index (χ3v) is 2.88. The van der Waals surface area contributed by atoms with E-state index >= 15 is 0 Å². The fourth-order valence-electron chi connectivity index (χ4n) is 1.76. The van der Waals surface area contributed by atoms with Crippen LogP contribution in [0, 0.1) is 5.82 Å². The smallest absolute Gasteiger partial charge is 0.182 e. The summed E-state index contributed by atoms with van der Waals surface area (Å²) in [5.41, 5.74) is 0.651. The van der Waals surface area contributed by atoms with Gasteiger partial charge in [-0.2, -0.15) is 0 Å². The van der Waals surface area contributed by atoms with Crippen LogP contribution in [-0.2, 0) is 0 Å². The van der Waals surface area contributed by atoms with Crippen molar-refractivity contribution in [3.05, 3.63) is 47.1 Å². The van der Waals surface area contributed by atoms with Gasteiger partial charge >= 0.3 is 0 Å². The molecule has 2 heterocycles. The minimum absolute atomic E-state index is 0.0418. The van der Waals surface area contributed by atoms with Crippen LogP contribution in [0.15, 0.2) is 30.6 Å². The summed E-state index contributed by atoms with van der Waals surface area (Å²) in [5, 5.41) is 0.344. The zero-order chi connectivity index (χ0) is 14.1. The molecule has 0 saturated heterocycles. The van der Waals surface area contributed by atoms with Gasteiger partial charge in [-0.3, -0.25) is 4.79 Å². The second-order valence-electron chi connectivity index (χ2n) is 3.90. The Bertz CT molecular complexity index is 825. The number of nitrogens with zero attached hydrogens (tertiary/aromatic N) is 4. The highest BCUT2D eigenvalue weighted by Crippen LogP contribution is 2.24. The van der Waals surface area contributed by atoms with E-state index in [1.165, 1.54) is 30.6 Å². The highest BCUT2D eigenvalue weighted by Gasteiger charge is 2.14. The number of halogens is 2. The first-order valence-corrected chi connectivity index (χ1v) is 5.96. The van der Waals surface area contributed by atoms with Gasteiger partial charge in [0.05, 0.1) is 5.56 Å². The van der Waals surface area contributed by atoms with Crippen molar-refractivity contribution in [3.8, 4) is 11.4 Å². The number of hydrogen-bond acceptors (Lipinski definition) is 5. The monoisotopic (exact) mass is 288 g/mol. The summed E-state index contributed by atoms with van der Waals surface area (Å²) in [4.78, 5) is 27.2. The van der Waals surface area contributed by atoms with Gasteiger partial charge in [-0.15, -0.1) is 0 Å². The molecule has 0 amide bonds. The van der Waals surface area contributed by atoms with Crippen LogP contribution in [0.25, 0.3) is 22.6 Å². The van der Waals surface area contributed by atoms with Crippen LogP contribution in [0.3, 0.4) is 0 Å². The zero-order valence-corrected chi connectivity index (χ0v) is 10.7. The Morgan fingerprint density at radius 1 is 1.15 bits per heavy atom. The average molecular weight is 289 g/mol. The predicted octanol–water partition coefficient (Wildman–Crippen LogP) is 2.69. The van der Waals surface area contributed by atoms with E-state index in [-0.39, 0.29) is 28.2 Å². The van der Waals surface area contributed by atoms with Crippen molar-refractivity contribution < 1.29 is 9.18 Å². The summed E-state index contributed by atoms with van der Waals surface area (Å²) in [6.07, 6.45) is 3.39. The van der Waals surface area contributed by atoms with E-state index in [9.17, 15) is 9.18 Å². The normalized spacial score (nSPS) is 10.7. The summed E-state index contributed by atoms with van der Waals surface area (Å²) in [6.45, 7) is 0. The number of fused-ring (bicyclic) bond motifs is 1. The summed E-state index contributed by atoms with van der Waals surface area (Å²) in [5.74, 6) is -0.491. The van der Waals surface area contributed by atoms with E-state index in [0.717, 1.165) is 0 Å². The van der Waals surface area contributed by atoms with E-state index in [4.69, 9.17) is 11.6 Å². The molecule has 0 fully saturated rings. The van der Waals surface area contributed by atoms with Crippen LogP contribution in [0.1, 0.15) is 10.5 Å². The Balaban J connectivity index is 2.31. The van der Waals surface area contributed by atoms with Gasteiger partial charge in [0.2, 0.25) is 0 Å². The Kier molecular flexibility index (Phi) is 3.08. The molecule has 3 aromatic rings. The van der Waals surface area contributed by atoms with Crippen molar-refractivity contribution in [3.63, 3.8) is 0 Å². The first kappa shape index (κ1) is 12.6. The lowest BCUT2D eigenvalue weighted by atomic mass is 10.2. The molecule has 0 saturated carbocycles. The van der Waals surface area contributed by atoms with E-state index in [1.54, 1.807) is 0 Å². The van der Waals surface area contributed by atoms with Gasteiger partial charge in [-0.05, 0) is 18.2 Å². The zero-order valence-electron chi connectivity index (χ0n) is 9.92. The van der Waals surface area contributed by atoms with Crippen molar-refractivity contribution in [2.75, 3.05) is 0 Å². The Morgan fingerprint density at radius 3 is 2.75 bits per heavy atom. The SMILES string of the molecule is O=Cc1nc(-c2cc(Cl)ccc2F)nc2nccnc12. The first-order chi connectivity index (χ1) is 9.69. The van der Waals surface area contributed by atoms with Crippen molar-refractivity contribution in [2.45, 2.75) is 0 Å². The minimum Gasteiger partial charge on any atom is -0.296 e. The number of aldehydes is 1. The molecule has 5 nitrogen and oxygen atoms in total. The Labute approximate surface area is 117 Å². The summed E-state index contributed by atoms with van der Waals surface area (Å²) in [6, 6.07) is 4.02. The molecule has 0 spiro atoms. The molecule has 98 valence electrons. The molecular formula is C13H6ClFN4O. The molecule has 0 atom stereocenters. The molecule has 3 rings (SSSR count). The Hall–Kier alpha value is -2.47. The molecule has 0 unspecified atom stereocenters. The summed E-state index contributed by atoms with van der Waals surface area (Å²) in [7, 11) is 0. The molecule has 0 bridgehead atoms. The maximum Gasteiger partial charge on any atom is 0.182 e. The van der Waals surface area contributed by atoms with Gasteiger partial charge in [0.15, 0.2) is 17.8 Å². The highest BCUT2D eigenvalue weighted by atomic mass is 35.5. The lowest BCUT2D eigenvalue weighted by Crippen LogP contribution is -2.01. The fourth-order valence-corrected chi connectivity index (χ4v) is 1.93. The average Bonchev–Trinajstić information content (AvgIpc) is 2.48. The van der Waals surface area contributed by atoms with Crippen molar-refractivity contribution in [1.29, 1.82) is 0 Å². The van der Waals surface area contributed by atoms with Crippen LogP contribution in [0.4, 0.5) is 4.39 Å². The number of aromatic nitrogens is 4. The van der Waals surface area contributed by atoms with Crippen LogP contribution in [0.5, 0.6) is 0 Å². The summed E-state index contributed by atoms with van der Waals surface area (Å²) < 4.78 is 13.8. The van der Waals surface area contributed by atoms with Crippen LogP contribution in [-0.4, -0.2) is 26.2 Å². The second-order valence-corrected chi connectivity index (χ2v) is 4.34. The minimum atomic E-state index is -0.533. The number of rotatable bonds is 2. The molecule has 7 heteroatoms. The molecule has 0 aliphatic carbocycles. The quantitative estimate of drug-likeness (QED) is 0.678. The van der Waals surface area contributed by atoms with Gasteiger partial charge < -0.3 is 0 Å². The third-order valence-electron chi connectivity index (χ3n) is 2.64. The van der Waals surface area contributed by atoms with Gasteiger partial charge in [-0.1, -0.05) is 11.6 Å². The molecule has 1 aromatic carbocycles. The molecule has 0 aliphatic rings. The number of hydrogen-bond donors (Lipinski definition) is 0. The predicted molar refractivity (Wildman–Crippen MR) is 70.9 cm³/mol. The fraction of sp³-hybridized carbons (Fsp3) is 0. The first-order valence-electron chi connectivity index (χ1n) is 5.58. The second kappa shape index (κ2) is 4.90. The molecule has 0 radical (unpaired) electrons. The van der Waals surface area contributed by atoms with E-state index < -0.39 is 5.82 Å². The topological polar surface area (TPSA) is 68.6 Å². The van der Waals surface area contributed by atoms with Gasteiger partial charge in [0, 0.05) is 17.4 Å². The van der Waals surface area contributed by atoms with Crippen LogP contribution < -0.4 is 0 Å². The molecule has 0 N–H and O–H groups in total. The van der Waals surface area contributed by atoms with Crippen molar-refractivity contribution in [1.82, 2.24) is 19.9 Å². The van der Waals surface area contributed by atoms with E-state index in [0.29, 0.717) is 11.3 Å². The number of carbonyl (C=O) groups excluding carboxylic acids is 1. The summed E-state index contributed by atoms with van der Waals surface area (Å²) >= 11 is 5.84. The molecular weight excluding hydrogens is 283 g/mol. The standard InChI is InChI=1S/C13H6ClFN4O/c14-7-1-2-9(15)8(5-7)12-18-10(6-20)11-13(19-12)17-4-3-16-11/h1-6H. The van der Waals surface area contributed by atoms with Crippen LogP contribution in [0.2, 0.25) is 5.02 Å². The van der Waals surface area contributed by atoms with E-state index in [1.807, 2.05) is 0 Å². The molecule has 20 heavy (non-hydrogen) atoms. The van der Waals surface area contributed by atoms with Gasteiger partial charge in [-0.25, -0.2) is 24.3 Å². The number of benzene rings is 1. The number of carbonyl (C=O) groups is 1. The van der Waals surface area contributed by atoms with Crippen LogP contribution >= 0.6 is 11.6 Å². The maximum atomic E-state index is 13.8. The highest BCUT2D eigenvalue weighted by molar-refractivity contribution is 6.30. The lowest BCUT2D eigenvalue weighted by Gasteiger charge is -2.05. The third kappa shape index (κ3) is 2.10. The molecule has 2 aromatic heterocycles. The van der Waals surface area contributed by atoms with Crippen molar-refractivity contribution >= 4 is 29.1 Å². The van der Waals surface area contributed by atoms with E-state index in [2.05, 4.69) is 19.9 Å². The Morgan fingerprint density at radius 2 is 1.95 bits per heavy atom. The van der Waals surface area contributed by atoms with Crippen molar-refractivity contribution in [2.24, 2.45) is 0 Å². The molecule has 0 aliphatic heterocycles. The lowest BCUT2D eigenvalue weighted by molar-refractivity contribution is 0.112. The van der Waals surface area contributed by atoms with Gasteiger partial charge in [0.1, 0.15) is 17.0 Å². The van der Waals surface area contributed by atoms with Gasteiger partial charge in [0.25, 0.3) is 0 Å². The maximum absolute atomic E-state index is 13.8.